The van der Waals surface area contributed by atoms with Crippen LogP contribution in [-0.2, 0) is 4.79 Å². The van der Waals surface area contributed by atoms with Crippen molar-refractivity contribution in [3.63, 3.8) is 0 Å². The summed E-state index contributed by atoms with van der Waals surface area (Å²) in [6.07, 6.45) is 2.94. The highest BCUT2D eigenvalue weighted by atomic mass is 16.4. The molecule has 0 bridgehead atoms. The van der Waals surface area contributed by atoms with Crippen LogP contribution >= 0.6 is 0 Å². The van der Waals surface area contributed by atoms with Crippen LogP contribution < -0.4 is 5.32 Å². The van der Waals surface area contributed by atoms with Gasteiger partial charge in [0.2, 0.25) is 0 Å². The Hall–Kier alpha value is -1.78. The summed E-state index contributed by atoms with van der Waals surface area (Å²) < 4.78 is 4.74. The molecular formula is C10H13NO4. The number of aliphatic carboxylic acids is 1. The minimum Gasteiger partial charge on any atom is -0.480 e. The molecule has 0 saturated carbocycles. The minimum absolute atomic E-state index is 0.311. The van der Waals surface area contributed by atoms with Gasteiger partial charge >= 0.3 is 5.97 Å². The third kappa shape index (κ3) is 2.37. The molecule has 1 amide bonds. The second kappa shape index (κ2) is 4.16. The van der Waals surface area contributed by atoms with E-state index in [2.05, 4.69) is 5.32 Å². The quantitative estimate of drug-likeness (QED) is 0.785. The molecule has 0 aliphatic rings. The molecule has 0 radical (unpaired) electrons. The summed E-state index contributed by atoms with van der Waals surface area (Å²) in [5, 5.41) is 11.4. The average molecular weight is 211 g/mol. The molecule has 1 aromatic heterocycles. The number of amides is 1. The topological polar surface area (TPSA) is 79.5 Å². The lowest BCUT2D eigenvalue weighted by Crippen LogP contribution is -2.51. The van der Waals surface area contributed by atoms with E-state index in [1.165, 1.54) is 25.5 Å². The van der Waals surface area contributed by atoms with Gasteiger partial charge in [-0.1, -0.05) is 6.92 Å². The zero-order valence-electron chi connectivity index (χ0n) is 8.61. The molecule has 5 heteroatoms. The largest absolute Gasteiger partial charge is 0.480 e. The first-order valence-electron chi connectivity index (χ1n) is 4.57. The van der Waals surface area contributed by atoms with Crippen molar-refractivity contribution in [2.45, 2.75) is 25.8 Å². The first-order valence-corrected chi connectivity index (χ1v) is 4.57. The molecule has 1 aromatic rings. The second-order valence-corrected chi connectivity index (χ2v) is 3.46. The van der Waals surface area contributed by atoms with Gasteiger partial charge in [-0.05, 0) is 19.4 Å². The Balaban J connectivity index is 2.77. The number of carboxylic acids is 1. The maximum absolute atomic E-state index is 11.6. The lowest BCUT2D eigenvalue weighted by Gasteiger charge is -2.24. The van der Waals surface area contributed by atoms with Crippen LogP contribution in [0.25, 0.3) is 0 Å². The molecule has 1 unspecified atom stereocenters. The van der Waals surface area contributed by atoms with E-state index in [0.717, 1.165) is 0 Å². The highest BCUT2D eigenvalue weighted by Gasteiger charge is 2.33. The molecule has 0 spiro atoms. The fraction of sp³-hybridized carbons (Fsp3) is 0.400. The molecule has 0 aromatic carbocycles. The van der Waals surface area contributed by atoms with E-state index in [1.54, 1.807) is 6.92 Å². The molecule has 0 saturated heterocycles. The van der Waals surface area contributed by atoms with Crippen LogP contribution in [0.4, 0.5) is 0 Å². The first kappa shape index (κ1) is 11.3. The SMILES string of the molecule is CCC(C)(NC(=O)c1ccoc1)C(=O)O. The van der Waals surface area contributed by atoms with Crippen LogP contribution in [-0.4, -0.2) is 22.5 Å². The van der Waals surface area contributed by atoms with Crippen LogP contribution in [0.15, 0.2) is 23.0 Å². The van der Waals surface area contributed by atoms with Crippen molar-refractivity contribution in [1.29, 1.82) is 0 Å². The summed E-state index contributed by atoms with van der Waals surface area (Å²) >= 11 is 0. The number of nitrogens with one attached hydrogen (secondary N) is 1. The van der Waals surface area contributed by atoms with Crippen molar-refractivity contribution < 1.29 is 19.1 Å². The molecular weight excluding hydrogens is 198 g/mol. The molecule has 1 atom stereocenters. The van der Waals surface area contributed by atoms with Crippen molar-refractivity contribution in [2.75, 3.05) is 0 Å². The normalized spacial score (nSPS) is 14.3. The van der Waals surface area contributed by atoms with E-state index in [1.807, 2.05) is 0 Å². The number of carbonyl (C=O) groups is 2. The molecule has 5 nitrogen and oxygen atoms in total. The van der Waals surface area contributed by atoms with Gasteiger partial charge in [-0.2, -0.15) is 0 Å². The fourth-order valence-electron chi connectivity index (χ4n) is 1.01. The summed E-state index contributed by atoms with van der Waals surface area (Å²) in [5.41, 5.74) is -0.926. The Morgan fingerprint density at radius 3 is 2.67 bits per heavy atom. The van der Waals surface area contributed by atoms with Gasteiger partial charge in [0.25, 0.3) is 5.91 Å². The summed E-state index contributed by atoms with van der Waals surface area (Å²) in [7, 11) is 0. The Kier molecular flexibility index (Phi) is 3.14. The predicted octanol–water partition coefficient (Wildman–Crippen LogP) is 1.26. The molecule has 82 valence electrons. The number of carbonyl (C=O) groups excluding carboxylic acids is 1. The Labute approximate surface area is 87.1 Å². The van der Waals surface area contributed by atoms with Gasteiger partial charge in [0, 0.05) is 0 Å². The molecule has 0 aliphatic heterocycles. The Morgan fingerprint density at radius 1 is 1.60 bits per heavy atom. The van der Waals surface area contributed by atoms with Gasteiger partial charge in [-0.3, -0.25) is 4.79 Å². The smallest absolute Gasteiger partial charge is 0.329 e. The van der Waals surface area contributed by atoms with Gasteiger partial charge in [-0.15, -0.1) is 0 Å². The highest BCUT2D eigenvalue weighted by Crippen LogP contribution is 2.11. The van der Waals surface area contributed by atoms with E-state index in [0.29, 0.717) is 12.0 Å². The van der Waals surface area contributed by atoms with E-state index in [9.17, 15) is 9.59 Å². The Morgan fingerprint density at radius 2 is 2.27 bits per heavy atom. The van der Waals surface area contributed by atoms with Gasteiger partial charge in [0.1, 0.15) is 11.8 Å². The van der Waals surface area contributed by atoms with Gasteiger partial charge in [0.05, 0.1) is 11.8 Å². The van der Waals surface area contributed by atoms with E-state index in [-0.39, 0.29) is 0 Å². The highest BCUT2D eigenvalue weighted by molar-refractivity contribution is 5.97. The molecule has 15 heavy (non-hydrogen) atoms. The zero-order valence-corrected chi connectivity index (χ0v) is 8.61. The van der Waals surface area contributed by atoms with Crippen molar-refractivity contribution in [1.82, 2.24) is 5.32 Å². The number of hydrogen-bond acceptors (Lipinski definition) is 3. The van der Waals surface area contributed by atoms with E-state index in [4.69, 9.17) is 9.52 Å². The van der Waals surface area contributed by atoms with Crippen molar-refractivity contribution >= 4 is 11.9 Å². The maximum Gasteiger partial charge on any atom is 0.329 e. The fourth-order valence-corrected chi connectivity index (χ4v) is 1.01. The summed E-state index contributed by atoms with van der Waals surface area (Å²) in [5.74, 6) is -1.50. The Bertz CT molecular complexity index is 358. The third-order valence-electron chi connectivity index (χ3n) is 2.35. The molecule has 0 fully saturated rings. The van der Waals surface area contributed by atoms with E-state index >= 15 is 0 Å². The molecule has 2 N–H and O–H groups in total. The van der Waals surface area contributed by atoms with Crippen molar-refractivity contribution in [3.05, 3.63) is 24.2 Å². The van der Waals surface area contributed by atoms with Crippen LogP contribution in [0.1, 0.15) is 30.6 Å². The van der Waals surface area contributed by atoms with Crippen LogP contribution in [0.2, 0.25) is 0 Å². The van der Waals surface area contributed by atoms with Crippen molar-refractivity contribution in [3.8, 4) is 0 Å². The number of furan rings is 1. The van der Waals surface area contributed by atoms with Gasteiger partial charge in [0.15, 0.2) is 0 Å². The molecule has 0 aliphatic carbocycles. The average Bonchev–Trinajstić information content (AvgIpc) is 2.70. The lowest BCUT2D eigenvalue weighted by atomic mass is 9.99. The minimum atomic E-state index is -1.24. The van der Waals surface area contributed by atoms with Gasteiger partial charge < -0.3 is 14.8 Å². The summed E-state index contributed by atoms with van der Waals surface area (Å²) in [6, 6.07) is 1.48. The lowest BCUT2D eigenvalue weighted by molar-refractivity contribution is -0.143. The summed E-state index contributed by atoms with van der Waals surface area (Å²) in [6.45, 7) is 3.16. The standard InChI is InChI=1S/C10H13NO4/c1-3-10(2,9(13)14)11-8(12)7-4-5-15-6-7/h4-6H,3H2,1-2H3,(H,11,12)(H,13,14). The monoisotopic (exact) mass is 211 g/mol. The van der Waals surface area contributed by atoms with Crippen LogP contribution in [0.5, 0.6) is 0 Å². The van der Waals surface area contributed by atoms with Crippen LogP contribution in [0.3, 0.4) is 0 Å². The number of hydrogen-bond donors (Lipinski definition) is 2. The predicted molar refractivity (Wildman–Crippen MR) is 52.5 cm³/mol. The van der Waals surface area contributed by atoms with Gasteiger partial charge in [-0.25, -0.2) is 4.79 Å². The third-order valence-corrected chi connectivity index (χ3v) is 2.35. The van der Waals surface area contributed by atoms with E-state index < -0.39 is 17.4 Å². The zero-order chi connectivity index (χ0) is 11.5. The second-order valence-electron chi connectivity index (χ2n) is 3.46. The number of rotatable bonds is 4. The van der Waals surface area contributed by atoms with Crippen LogP contribution in [0, 0.1) is 0 Å². The summed E-state index contributed by atoms with van der Waals surface area (Å²) in [4.78, 5) is 22.5. The number of carboxylic acid groups (broad SMARTS) is 1. The first-order chi connectivity index (χ1) is 6.99. The van der Waals surface area contributed by atoms with Crippen molar-refractivity contribution in [2.24, 2.45) is 0 Å². The molecule has 1 rings (SSSR count). The maximum atomic E-state index is 11.6. The molecule has 1 heterocycles.